The highest BCUT2D eigenvalue weighted by atomic mass is 16.5. The van der Waals surface area contributed by atoms with Crippen LogP contribution < -0.4 is 0 Å². The van der Waals surface area contributed by atoms with E-state index in [2.05, 4.69) is 0 Å². The summed E-state index contributed by atoms with van der Waals surface area (Å²) in [6, 6.07) is 13.5. The number of rotatable bonds is 4. The molecule has 0 bridgehead atoms. The number of ether oxygens (including phenoxy) is 1. The summed E-state index contributed by atoms with van der Waals surface area (Å²) in [6.07, 6.45) is 5.09. The van der Waals surface area contributed by atoms with Crippen molar-refractivity contribution in [1.29, 1.82) is 0 Å². The number of ketones is 1. The van der Waals surface area contributed by atoms with Gasteiger partial charge in [0.05, 0.1) is 11.1 Å². The van der Waals surface area contributed by atoms with Crippen molar-refractivity contribution in [3.05, 3.63) is 76.0 Å². The first-order valence-corrected chi connectivity index (χ1v) is 10.4. The number of Topliss-reactive ketones (excluding diaryl/α,β-unsaturated/α-hetero) is 1. The highest BCUT2D eigenvalue weighted by molar-refractivity contribution is 6.07. The maximum absolute atomic E-state index is 13.1. The van der Waals surface area contributed by atoms with E-state index in [9.17, 15) is 9.59 Å². The average molecular weight is 385 g/mol. The molecule has 0 spiro atoms. The molecule has 1 heterocycles. The third-order valence-electron chi connectivity index (χ3n) is 6.16. The van der Waals surface area contributed by atoms with Gasteiger partial charge in [0.2, 0.25) is 5.78 Å². The SMILES string of the molecule is C[C@H](OC(=O)c1c2c(nc3ccccc13)CCC2)C(=O)c1ccc2c(c1)CCC2. The van der Waals surface area contributed by atoms with Gasteiger partial charge in [-0.15, -0.1) is 0 Å². The van der Waals surface area contributed by atoms with Gasteiger partial charge in [0.25, 0.3) is 0 Å². The van der Waals surface area contributed by atoms with Crippen molar-refractivity contribution in [3.8, 4) is 0 Å². The van der Waals surface area contributed by atoms with Gasteiger partial charge in [-0.3, -0.25) is 9.78 Å². The molecule has 29 heavy (non-hydrogen) atoms. The number of fused-ring (bicyclic) bond motifs is 3. The van der Waals surface area contributed by atoms with Gasteiger partial charge < -0.3 is 4.74 Å². The number of nitrogens with zero attached hydrogens (tertiary/aromatic N) is 1. The monoisotopic (exact) mass is 385 g/mol. The molecule has 0 N–H and O–H groups in total. The van der Waals surface area contributed by atoms with E-state index in [0.717, 1.165) is 60.7 Å². The molecule has 0 unspecified atom stereocenters. The fourth-order valence-corrected chi connectivity index (χ4v) is 4.68. The van der Waals surface area contributed by atoms with E-state index in [4.69, 9.17) is 9.72 Å². The van der Waals surface area contributed by atoms with Crippen LogP contribution in [0.3, 0.4) is 0 Å². The van der Waals surface area contributed by atoms with Crippen LogP contribution in [0.25, 0.3) is 10.9 Å². The number of benzene rings is 2. The molecular weight excluding hydrogens is 362 g/mol. The Morgan fingerprint density at radius 2 is 1.76 bits per heavy atom. The van der Waals surface area contributed by atoms with Crippen molar-refractivity contribution in [2.75, 3.05) is 0 Å². The highest BCUT2D eigenvalue weighted by Gasteiger charge is 2.28. The van der Waals surface area contributed by atoms with Gasteiger partial charge in [0.1, 0.15) is 0 Å². The number of carbonyl (C=O) groups is 2. The third-order valence-corrected chi connectivity index (χ3v) is 6.16. The van der Waals surface area contributed by atoms with Gasteiger partial charge in [0, 0.05) is 16.6 Å². The summed E-state index contributed by atoms with van der Waals surface area (Å²) in [7, 11) is 0. The van der Waals surface area contributed by atoms with Gasteiger partial charge in [0.15, 0.2) is 6.10 Å². The molecular formula is C25H23NO3. The van der Waals surface area contributed by atoms with Crippen LogP contribution >= 0.6 is 0 Å². The minimum absolute atomic E-state index is 0.150. The minimum atomic E-state index is -0.828. The summed E-state index contributed by atoms with van der Waals surface area (Å²) < 4.78 is 5.69. The van der Waals surface area contributed by atoms with Crippen LogP contribution in [0.1, 0.15) is 62.9 Å². The van der Waals surface area contributed by atoms with Crippen LogP contribution in [0.5, 0.6) is 0 Å². The van der Waals surface area contributed by atoms with Crippen molar-refractivity contribution in [3.63, 3.8) is 0 Å². The normalized spacial score (nSPS) is 15.8. The topological polar surface area (TPSA) is 56.3 Å². The molecule has 146 valence electrons. The molecule has 2 aliphatic rings. The molecule has 2 aromatic carbocycles. The van der Waals surface area contributed by atoms with E-state index in [1.807, 2.05) is 42.5 Å². The summed E-state index contributed by atoms with van der Waals surface area (Å²) in [4.78, 5) is 30.8. The quantitative estimate of drug-likeness (QED) is 0.485. The Morgan fingerprint density at radius 1 is 0.966 bits per heavy atom. The minimum Gasteiger partial charge on any atom is -0.451 e. The average Bonchev–Trinajstić information content (AvgIpc) is 3.39. The van der Waals surface area contributed by atoms with Crippen molar-refractivity contribution < 1.29 is 14.3 Å². The lowest BCUT2D eigenvalue weighted by molar-refractivity contribution is 0.0319. The van der Waals surface area contributed by atoms with E-state index >= 15 is 0 Å². The Balaban J connectivity index is 1.44. The van der Waals surface area contributed by atoms with Crippen LogP contribution in [0.4, 0.5) is 0 Å². The number of aryl methyl sites for hydroxylation is 3. The van der Waals surface area contributed by atoms with Gasteiger partial charge >= 0.3 is 5.97 Å². The fourth-order valence-electron chi connectivity index (χ4n) is 4.68. The second-order valence-electron chi connectivity index (χ2n) is 8.03. The molecule has 0 radical (unpaired) electrons. The summed E-state index contributed by atoms with van der Waals surface area (Å²) in [6.45, 7) is 1.66. The lowest BCUT2D eigenvalue weighted by Crippen LogP contribution is -2.25. The van der Waals surface area contributed by atoms with E-state index < -0.39 is 12.1 Å². The summed E-state index contributed by atoms with van der Waals surface area (Å²) in [5.74, 6) is -0.577. The van der Waals surface area contributed by atoms with E-state index in [0.29, 0.717) is 11.1 Å². The molecule has 1 atom stereocenters. The smallest absolute Gasteiger partial charge is 0.339 e. The van der Waals surface area contributed by atoms with Crippen molar-refractivity contribution >= 4 is 22.7 Å². The zero-order valence-electron chi connectivity index (χ0n) is 16.5. The first-order chi connectivity index (χ1) is 14.1. The Morgan fingerprint density at radius 3 is 2.66 bits per heavy atom. The molecule has 2 aliphatic carbocycles. The lowest BCUT2D eigenvalue weighted by atomic mass is 10.0. The van der Waals surface area contributed by atoms with E-state index in [1.54, 1.807) is 6.92 Å². The Labute approximate surface area is 169 Å². The van der Waals surface area contributed by atoms with Crippen LogP contribution in [-0.4, -0.2) is 22.8 Å². The fraction of sp³-hybridized carbons (Fsp3) is 0.320. The zero-order valence-corrected chi connectivity index (χ0v) is 16.5. The summed E-state index contributed by atoms with van der Waals surface area (Å²) in [5.41, 5.74) is 6.53. The second-order valence-corrected chi connectivity index (χ2v) is 8.03. The molecule has 5 rings (SSSR count). The molecule has 0 amide bonds. The number of aromatic nitrogens is 1. The lowest BCUT2D eigenvalue weighted by Gasteiger charge is -2.16. The molecule has 4 nitrogen and oxygen atoms in total. The standard InChI is InChI=1S/C25H23NO3/c1-15(24(27)18-13-12-16-6-4-7-17(16)14-18)29-25(28)23-19-8-2-3-10-21(19)26-22-11-5-9-20(22)23/h2-3,8,10,12-15H,4-7,9,11H2,1H3/t15-/m0/s1. The molecule has 0 saturated heterocycles. The van der Waals surface area contributed by atoms with Crippen LogP contribution in [0.15, 0.2) is 42.5 Å². The predicted molar refractivity (Wildman–Crippen MR) is 111 cm³/mol. The number of para-hydroxylation sites is 1. The molecule has 3 aromatic rings. The largest absolute Gasteiger partial charge is 0.451 e. The maximum atomic E-state index is 13.1. The zero-order chi connectivity index (χ0) is 20.0. The first-order valence-electron chi connectivity index (χ1n) is 10.4. The second kappa shape index (κ2) is 7.11. The third kappa shape index (κ3) is 3.13. The van der Waals surface area contributed by atoms with Crippen LogP contribution in [0, 0.1) is 0 Å². The molecule has 1 aromatic heterocycles. The van der Waals surface area contributed by atoms with Crippen LogP contribution in [-0.2, 0) is 30.4 Å². The van der Waals surface area contributed by atoms with Crippen LogP contribution in [0.2, 0.25) is 0 Å². The Kier molecular flexibility index (Phi) is 4.42. The molecule has 0 saturated carbocycles. The highest BCUT2D eigenvalue weighted by Crippen LogP contribution is 2.31. The number of esters is 1. The van der Waals surface area contributed by atoms with E-state index in [-0.39, 0.29) is 5.78 Å². The van der Waals surface area contributed by atoms with Gasteiger partial charge in [-0.25, -0.2) is 4.79 Å². The number of pyridine rings is 1. The number of hydrogen-bond acceptors (Lipinski definition) is 4. The summed E-state index contributed by atoms with van der Waals surface area (Å²) >= 11 is 0. The van der Waals surface area contributed by atoms with Crippen molar-refractivity contribution in [2.24, 2.45) is 0 Å². The Bertz CT molecular complexity index is 1150. The Hall–Kier alpha value is -3.01. The predicted octanol–water partition coefficient (Wildman–Crippen LogP) is 4.64. The van der Waals surface area contributed by atoms with Crippen molar-refractivity contribution in [1.82, 2.24) is 4.98 Å². The number of hydrogen-bond donors (Lipinski definition) is 0. The molecule has 4 heteroatoms. The number of carbonyl (C=O) groups excluding carboxylic acids is 2. The van der Waals surface area contributed by atoms with Crippen molar-refractivity contribution in [2.45, 2.75) is 51.6 Å². The van der Waals surface area contributed by atoms with Gasteiger partial charge in [-0.1, -0.05) is 30.3 Å². The molecule has 0 fully saturated rings. The molecule has 0 aliphatic heterocycles. The van der Waals surface area contributed by atoms with Gasteiger partial charge in [-0.2, -0.15) is 0 Å². The van der Waals surface area contributed by atoms with E-state index in [1.165, 1.54) is 11.1 Å². The maximum Gasteiger partial charge on any atom is 0.339 e. The summed E-state index contributed by atoms with van der Waals surface area (Å²) in [5, 5.41) is 0.801. The van der Waals surface area contributed by atoms with Gasteiger partial charge in [-0.05, 0) is 74.3 Å². The first kappa shape index (κ1) is 18.0.